The molecule has 0 spiro atoms. The lowest BCUT2D eigenvalue weighted by molar-refractivity contribution is -0.121. The Bertz CT molecular complexity index is 1260. The highest BCUT2D eigenvalue weighted by Crippen LogP contribution is 2.33. The van der Waals surface area contributed by atoms with E-state index in [2.05, 4.69) is 30.1 Å². The Kier molecular flexibility index (Phi) is 5.93. The molecule has 1 amide bonds. The predicted octanol–water partition coefficient (Wildman–Crippen LogP) is 3.76. The summed E-state index contributed by atoms with van der Waals surface area (Å²) in [5, 5.41) is 12.9. The molecule has 1 aromatic heterocycles. The molecule has 174 valence electrons. The Morgan fingerprint density at radius 2 is 1.82 bits per heavy atom. The van der Waals surface area contributed by atoms with E-state index in [1.807, 2.05) is 42.5 Å². The van der Waals surface area contributed by atoms with Crippen molar-refractivity contribution in [3.05, 3.63) is 53.7 Å². The molecule has 3 aromatic rings. The predicted molar refractivity (Wildman–Crippen MR) is 127 cm³/mol. The van der Waals surface area contributed by atoms with Gasteiger partial charge in [0.15, 0.2) is 23.2 Å². The van der Waals surface area contributed by atoms with Crippen LogP contribution in [0.4, 0.5) is 5.82 Å². The molecule has 5 rings (SSSR count). The quantitative estimate of drug-likeness (QED) is 0.622. The fraction of sp³-hybridized carbons (Fsp3) is 0.385. The van der Waals surface area contributed by atoms with Crippen molar-refractivity contribution in [2.75, 3.05) is 24.8 Å². The number of ether oxygens (including phenoxy) is 2. The van der Waals surface area contributed by atoms with Crippen molar-refractivity contribution in [2.24, 2.45) is 11.8 Å². The number of rotatable bonds is 5. The van der Waals surface area contributed by atoms with Gasteiger partial charge in [0.05, 0.1) is 17.1 Å². The van der Waals surface area contributed by atoms with Gasteiger partial charge in [0.1, 0.15) is 5.69 Å². The molecule has 2 aromatic carbocycles. The van der Waals surface area contributed by atoms with Crippen molar-refractivity contribution in [3.63, 3.8) is 0 Å². The largest absolute Gasteiger partial charge is 0.454 e. The number of nitriles is 1. The number of anilines is 1. The third-order valence-electron chi connectivity index (χ3n) is 6.31. The number of nitrogens with one attached hydrogen (secondary N) is 1. The zero-order chi connectivity index (χ0) is 23.7. The summed E-state index contributed by atoms with van der Waals surface area (Å²) >= 11 is 0. The van der Waals surface area contributed by atoms with Crippen LogP contribution < -0.4 is 19.7 Å². The first kappa shape index (κ1) is 22.0. The fourth-order valence-electron chi connectivity index (χ4n) is 4.85. The van der Waals surface area contributed by atoms with Crippen LogP contribution in [0.25, 0.3) is 11.0 Å². The van der Waals surface area contributed by atoms with Crippen molar-refractivity contribution >= 4 is 22.8 Å². The number of hydrogen-bond donors (Lipinski definition) is 1. The van der Waals surface area contributed by atoms with Crippen LogP contribution in [-0.2, 0) is 11.3 Å². The summed E-state index contributed by atoms with van der Waals surface area (Å²) in [6.45, 7) is 6.54. The molecule has 0 bridgehead atoms. The van der Waals surface area contributed by atoms with Gasteiger partial charge in [0, 0.05) is 19.6 Å². The van der Waals surface area contributed by atoms with E-state index in [9.17, 15) is 10.1 Å². The van der Waals surface area contributed by atoms with Crippen LogP contribution in [0.15, 0.2) is 42.5 Å². The number of carbonyl (C=O) groups excluding carboxylic acids is 1. The molecule has 0 aliphatic carbocycles. The normalized spacial score (nSPS) is 20.1. The van der Waals surface area contributed by atoms with Crippen molar-refractivity contribution in [1.29, 1.82) is 5.26 Å². The fourth-order valence-corrected chi connectivity index (χ4v) is 4.85. The third kappa shape index (κ3) is 4.34. The van der Waals surface area contributed by atoms with Crippen molar-refractivity contribution in [1.82, 2.24) is 15.3 Å². The molecule has 8 heteroatoms. The average Bonchev–Trinajstić information content (AvgIpc) is 3.30. The molecule has 3 heterocycles. The number of aromatic nitrogens is 2. The first-order valence-electron chi connectivity index (χ1n) is 11.6. The summed E-state index contributed by atoms with van der Waals surface area (Å²) in [7, 11) is 0. The first-order valence-corrected chi connectivity index (χ1v) is 11.6. The highest BCUT2D eigenvalue weighted by atomic mass is 16.7. The highest BCUT2D eigenvalue weighted by Gasteiger charge is 2.31. The van der Waals surface area contributed by atoms with Crippen LogP contribution in [0.1, 0.15) is 37.4 Å². The second-order valence-electron chi connectivity index (χ2n) is 9.24. The SMILES string of the molecule is C[C@@H]1C[C@@H](C)CN(c2nc3ccccc3nc2[C@@H](C#N)C(=O)NCc2ccc3c(c2)OCO3)C1. The molecule has 2 aliphatic heterocycles. The van der Waals surface area contributed by atoms with E-state index in [0.717, 1.165) is 30.6 Å². The monoisotopic (exact) mass is 457 g/mol. The Morgan fingerprint density at radius 3 is 2.56 bits per heavy atom. The Balaban J connectivity index is 1.44. The molecular formula is C26H27N5O3. The molecule has 2 aliphatic rings. The van der Waals surface area contributed by atoms with E-state index in [0.29, 0.717) is 40.4 Å². The minimum absolute atomic E-state index is 0.193. The molecule has 0 unspecified atom stereocenters. The molecule has 0 radical (unpaired) electrons. The van der Waals surface area contributed by atoms with Gasteiger partial charge in [-0.3, -0.25) is 4.79 Å². The maximum Gasteiger partial charge on any atom is 0.243 e. The summed E-state index contributed by atoms with van der Waals surface area (Å²) in [6.07, 6.45) is 1.14. The number of amides is 1. The van der Waals surface area contributed by atoms with E-state index in [1.165, 1.54) is 0 Å². The lowest BCUT2D eigenvalue weighted by Gasteiger charge is -2.36. The lowest BCUT2D eigenvalue weighted by Crippen LogP contribution is -2.40. The smallest absolute Gasteiger partial charge is 0.243 e. The van der Waals surface area contributed by atoms with Crippen molar-refractivity contribution in [3.8, 4) is 17.6 Å². The average molecular weight is 458 g/mol. The van der Waals surface area contributed by atoms with Crippen LogP contribution in [0, 0.1) is 23.2 Å². The van der Waals surface area contributed by atoms with Crippen LogP contribution in [0.2, 0.25) is 0 Å². The molecule has 1 N–H and O–H groups in total. The summed E-state index contributed by atoms with van der Waals surface area (Å²) in [4.78, 5) is 25.0. The van der Waals surface area contributed by atoms with E-state index in [1.54, 1.807) is 0 Å². The number of hydrogen-bond acceptors (Lipinski definition) is 7. The molecule has 8 nitrogen and oxygen atoms in total. The lowest BCUT2D eigenvalue weighted by atomic mass is 9.91. The minimum atomic E-state index is -1.08. The van der Waals surface area contributed by atoms with Gasteiger partial charge in [-0.05, 0) is 48.1 Å². The number of nitrogens with zero attached hydrogens (tertiary/aromatic N) is 4. The Hall–Kier alpha value is -3.86. The third-order valence-corrected chi connectivity index (χ3v) is 6.31. The van der Waals surface area contributed by atoms with E-state index >= 15 is 0 Å². The molecular weight excluding hydrogens is 430 g/mol. The van der Waals surface area contributed by atoms with Gasteiger partial charge in [-0.15, -0.1) is 0 Å². The van der Waals surface area contributed by atoms with Crippen molar-refractivity contribution in [2.45, 2.75) is 32.7 Å². The highest BCUT2D eigenvalue weighted by molar-refractivity contribution is 5.88. The Labute approximate surface area is 198 Å². The minimum Gasteiger partial charge on any atom is -0.454 e. The van der Waals surface area contributed by atoms with Crippen LogP contribution in [0.3, 0.4) is 0 Å². The van der Waals surface area contributed by atoms with Gasteiger partial charge in [-0.1, -0.05) is 32.0 Å². The summed E-state index contributed by atoms with van der Waals surface area (Å²) in [6, 6.07) is 15.3. The van der Waals surface area contributed by atoms with Crippen LogP contribution in [-0.4, -0.2) is 35.8 Å². The van der Waals surface area contributed by atoms with Gasteiger partial charge >= 0.3 is 0 Å². The number of fused-ring (bicyclic) bond motifs is 2. The number of carbonyl (C=O) groups is 1. The van der Waals surface area contributed by atoms with E-state index < -0.39 is 11.8 Å². The summed E-state index contributed by atoms with van der Waals surface area (Å²) < 4.78 is 10.8. The zero-order valence-electron chi connectivity index (χ0n) is 19.3. The topological polar surface area (TPSA) is 100 Å². The number of benzene rings is 2. The summed E-state index contributed by atoms with van der Waals surface area (Å²) in [5.74, 6) is 1.47. The number of para-hydroxylation sites is 2. The molecule has 3 atom stereocenters. The maximum absolute atomic E-state index is 13.2. The second kappa shape index (κ2) is 9.18. The van der Waals surface area contributed by atoms with Gasteiger partial charge in [0.2, 0.25) is 12.7 Å². The van der Waals surface area contributed by atoms with Gasteiger partial charge in [-0.2, -0.15) is 5.26 Å². The van der Waals surface area contributed by atoms with E-state index in [-0.39, 0.29) is 13.3 Å². The second-order valence-corrected chi connectivity index (χ2v) is 9.24. The Morgan fingerprint density at radius 1 is 1.12 bits per heavy atom. The molecule has 34 heavy (non-hydrogen) atoms. The first-order chi connectivity index (χ1) is 16.5. The molecule has 1 saturated heterocycles. The van der Waals surface area contributed by atoms with Gasteiger partial charge < -0.3 is 19.7 Å². The van der Waals surface area contributed by atoms with Crippen LogP contribution >= 0.6 is 0 Å². The van der Waals surface area contributed by atoms with E-state index in [4.69, 9.17) is 19.4 Å². The standard InChI is InChI=1S/C26H27N5O3/c1-16-9-17(2)14-31(13-16)25-24(29-20-5-3-4-6-21(20)30-25)19(11-27)26(32)28-12-18-7-8-22-23(10-18)34-15-33-22/h3-8,10,16-17,19H,9,12-15H2,1-2H3,(H,28,32)/t16-,17-,19-/m1/s1. The molecule has 1 fully saturated rings. The van der Waals surface area contributed by atoms with Crippen LogP contribution in [0.5, 0.6) is 11.5 Å². The van der Waals surface area contributed by atoms with Gasteiger partial charge in [0.25, 0.3) is 0 Å². The van der Waals surface area contributed by atoms with Crippen molar-refractivity contribution < 1.29 is 14.3 Å². The van der Waals surface area contributed by atoms with Gasteiger partial charge in [-0.25, -0.2) is 9.97 Å². The maximum atomic E-state index is 13.2. The zero-order valence-corrected chi connectivity index (χ0v) is 19.3. The molecule has 0 saturated carbocycles. The number of piperidine rings is 1. The summed E-state index contributed by atoms with van der Waals surface area (Å²) in [5.41, 5.74) is 2.69.